The predicted octanol–water partition coefficient (Wildman–Crippen LogP) is 13.0. The molecule has 0 saturated carbocycles. The number of hydrogen-bond acceptors (Lipinski definition) is 15. The smallest absolute Gasteiger partial charge is 0.399 e. The molecule has 0 aliphatic carbocycles. The summed E-state index contributed by atoms with van der Waals surface area (Å²) in [6.45, 7) is 0.350. The van der Waals surface area contributed by atoms with Gasteiger partial charge in [-0.2, -0.15) is 73.2 Å². The van der Waals surface area contributed by atoms with Crippen LogP contribution in [0.25, 0.3) is 22.8 Å². The van der Waals surface area contributed by atoms with E-state index in [9.17, 15) is 52.7 Å². The first kappa shape index (κ1) is 71.0. The van der Waals surface area contributed by atoms with Crippen LogP contribution in [0.1, 0.15) is 66.8 Å². The van der Waals surface area contributed by atoms with E-state index < -0.39 is 47.0 Å². The lowest BCUT2D eigenvalue weighted by molar-refractivity contribution is -0.138. The summed E-state index contributed by atoms with van der Waals surface area (Å²) in [5.74, 6) is 0.749. The van der Waals surface area contributed by atoms with Crippen LogP contribution in [0.3, 0.4) is 0 Å². The van der Waals surface area contributed by atoms with Crippen molar-refractivity contribution in [2.45, 2.75) is 50.5 Å². The predicted molar refractivity (Wildman–Crippen MR) is 308 cm³/mol. The fourth-order valence-corrected chi connectivity index (χ4v) is 7.42. The molecular weight excluding hydrogens is 1290 g/mol. The van der Waals surface area contributed by atoms with Gasteiger partial charge in [-0.25, -0.2) is 0 Å². The maximum atomic E-state index is 12.6. The van der Waals surface area contributed by atoms with Crippen LogP contribution in [0, 0.1) is 22.7 Å². The second kappa shape index (κ2) is 34.1. The van der Waals surface area contributed by atoms with Gasteiger partial charge in [0.05, 0.1) is 58.2 Å². The van der Waals surface area contributed by atoms with Gasteiger partial charge in [0.1, 0.15) is 12.1 Å². The highest BCUT2D eigenvalue weighted by Crippen LogP contribution is 2.33. The number of anilines is 1. The normalized spacial score (nSPS) is 11.0. The molecule has 0 amide bonds. The molecule has 0 atom stereocenters. The van der Waals surface area contributed by atoms with E-state index in [4.69, 9.17) is 38.1 Å². The number of nitrogen functional groups attached to an aromatic ring is 1. The molecule has 4 aromatic carbocycles. The molecule has 0 aliphatic heterocycles. The Labute approximate surface area is 517 Å². The first-order chi connectivity index (χ1) is 42.8. The van der Waals surface area contributed by atoms with Crippen LogP contribution in [0.4, 0.5) is 58.4 Å². The number of nitrogens with one attached hydrogen (secondary N) is 1. The van der Waals surface area contributed by atoms with Gasteiger partial charge in [0.15, 0.2) is 0 Å². The zero-order valence-corrected chi connectivity index (χ0v) is 48.5. The molecule has 0 radical (unpaired) electrons. The second-order valence-electron chi connectivity index (χ2n) is 18.0. The quantitative estimate of drug-likeness (QED) is 0.0533. The first-order valence-corrected chi connectivity index (χ1v) is 27.2. The number of benzene rings is 4. The summed E-state index contributed by atoms with van der Waals surface area (Å²) in [6, 6.07) is 30.1. The highest BCUT2D eigenvalue weighted by atomic mass is 79.9. The van der Waals surface area contributed by atoms with Crippen LogP contribution in [0.2, 0.25) is 5.02 Å². The van der Waals surface area contributed by atoms with Crippen molar-refractivity contribution in [3.8, 4) is 34.9 Å². The van der Waals surface area contributed by atoms with E-state index >= 15 is 0 Å². The summed E-state index contributed by atoms with van der Waals surface area (Å²) >= 11 is 8.56. The molecule has 90 heavy (non-hydrogen) atoms. The SMILES string of the molecule is FC(F)(F)c1ccc(Cc2ccncc2-c2nn[nH]n2)cc1.N#Cc1cnccc1Cc1ccc(C(F)(F)F)cc1.N#Cc1cnccc1Cl.Nc1ccc(C(F)(F)F)cc1.OCCBr.OCCn1nnc(-c2cnccc2Cc2ccc(C(F)(F)F)cc2)n1. The van der Waals surface area contributed by atoms with Crippen LogP contribution < -0.4 is 5.73 Å². The molecular formula is C59H47BrClF12N15O2. The van der Waals surface area contributed by atoms with Crippen molar-refractivity contribution in [2.24, 2.45) is 0 Å². The molecule has 0 fully saturated rings. The Morgan fingerprint density at radius 2 is 0.878 bits per heavy atom. The van der Waals surface area contributed by atoms with Gasteiger partial charge in [0.2, 0.25) is 11.6 Å². The summed E-state index contributed by atoms with van der Waals surface area (Å²) in [4.78, 5) is 16.9. The Balaban J connectivity index is 0.000000209. The Bertz CT molecular complexity index is 3860. The fraction of sp³-hybridized carbons (Fsp3) is 0.186. The first-order valence-electron chi connectivity index (χ1n) is 25.7. The Hall–Kier alpha value is -9.75. The van der Waals surface area contributed by atoms with Crippen molar-refractivity contribution >= 4 is 33.2 Å². The van der Waals surface area contributed by atoms with Gasteiger partial charge < -0.3 is 15.9 Å². The minimum atomic E-state index is -4.35. The summed E-state index contributed by atoms with van der Waals surface area (Å²) in [5, 5.41) is 60.7. The van der Waals surface area contributed by atoms with Gasteiger partial charge in [-0.15, -0.1) is 20.4 Å². The molecule has 6 aromatic heterocycles. The lowest BCUT2D eigenvalue weighted by atomic mass is 10.0. The number of halogens is 14. The summed E-state index contributed by atoms with van der Waals surface area (Å²) in [6.07, 6.45) is -3.64. The Kier molecular flexibility index (Phi) is 26.9. The largest absolute Gasteiger partial charge is 0.416 e. The highest BCUT2D eigenvalue weighted by Gasteiger charge is 2.32. The monoisotopic (exact) mass is 1340 g/mol. The minimum Gasteiger partial charge on any atom is -0.399 e. The number of aliphatic hydroxyl groups excluding tert-OH is 2. The summed E-state index contributed by atoms with van der Waals surface area (Å²) in [7, 11) is 0. The number of aliphatic hydroxyl groups is 2. The number of nitrogens with zero attached hydrogens (tertiary/aromatic N) is 13. The standard InChI is InChI=1S/C16H14F3N5O.C14H10F3N5.C14H9F3N2.C7H6F3N.C6H3ClN2.C2H5BrO/c17-16(18,19)13-3-1-11(2-4-13)9-12-5-6-20-10-14(12)15-21-23-24(22-15)7-8-25;15-14(16,17)11-3-1-9(2-4-11)7-10-5-6-18-8-12(10)13-19-21-22-20-13;15-14(16,17)13-3-1-10(2-4-13)7-11-5-6-19-9-12(11)8-18;8-7(9,10)5-1-3-6(11)4-2-5;7-6-1-2-9-4-5(6)3-8;3-1-2-4/h1-6,10,25H,7-9H2;1-6,8H,7H2,(H,19,20,21,22);1-6,9H,7H2;1-4H,11H2;1-2,4H;4H,1-2H2. The van der Waals surface area contributed by atoms with E-state index in [1.807, 2.05) is 12.1 Å². The molecule has 0 bridgehead atoms. The molecule has 10 rings (SSSR count). The van der Waals surface area contributed by atoms with Crippen molar-refractivity contribution in [3.05, 3.63) is 243 Å². The average Bonchev–Trinajstić information content (AvgIpc) is 1.69. The number of tetrazole rings is 2. The van der Waals surface area contributed by atoms with Gasteiger partial charge in [-0.3, -0.25) is 19.9 Å². The zero-order chi connectivity index (χ0) is 65.9. The number of nitrogens with two attached hydrogens (primary N) is 1. The molecule has 31 heteroatoms. The van der Waals surface area contributed by atoms with Crippen LogP contribution >= 0.6 is 27.5 Å². The number of rotatable bonds is 11. The number of nitriles is 2. The number of pyridine rings is 4. The third-order valence-corrected chi connectivity index (χ3v) is 12.4. The maximum Gasteiger partial charge on any atom is 0.416 e. The van der Waals surface area contributed by atoms with Gasteiger partial charge in [0, 0.05) is 71.7 Å². The molecule has 5 N–H and O–H groups in total. The number of hydrogen-bond donors (Lipinski definition) is 4. The van der Waals surface area contributed by atoms with Crippen LogP contribution in [0.5, 0.6) is 0 Å². The lowest BCUT2D eigenvalue weighted by Gasteiger charge is -2.09. The second-order valence-corrected chi connectivity index (χ2v) is 19.2. The van der Waals surface area contributed by atoms with E-state index in [0.29, 0.717) is 69.2 Å². The molecule has 17 nitrogen and oxygen atoms in total. The van der Waals surface area contributed by atoms with E-state index in [2.05, 4.69) is 71.9 Å². The number of H-pyrrole nitrogens is 1. The van der Waals surface area contributed by atoms with Crippen molar-refractivity contribution in [3.63, 3.8) is 0 Å². The fourth-order valence-electron chi connectivity index (χ4n) is 7.27. The average molecular weight is 1340 g/mol. The highest BCUT2D eigenvalue weighted by molar-refractivity contribution is 9.09. The Morgan fingerprint density at radius 3 is 1.24 bits per heavy atom. The van der Waals surface area contributed by atoms with Crippen molar-refractivity contribution in [1.29, 1.82) is 10.5 Å². The van der Waals surface area contributed by atoms with E-state index in [0.717, 1.165) is 81.9 Å². The van der Waals surface area contributed by atoms with Crippen LogP contribution in [-0.2, 0) is 50.5 Å². The number of aromatic amines is 1. The topological polar surface area (TPSA) is 264 Å². The molecule has 0 unspecified atom stereocenters. The molecule has 0 aliphatic rings. The molecule has 0 spiro atoms. The number of aromatic nitrogens is 12. The van der Waals surface area contributed by atoms with Gasteiger partial charge in [0.25, 0.3) is 0 Å². The van der Waals surface area contributed by atoms with Crippen LogP contribution in [-0.4, -0.2) is 89.5 Å². The summed E-state index contributed by atoms with van der Waals surface area (Å²) in [5.41, 5.74) is 9.65. The van der Waals surface area contributed by atoms with Crippen molar-refractivity contribution in [2.75, 3.05) is 24.3 Å². The third kappa shape index (κ3) is 23.1. The number of alkyl halides is 13. The minimum absolute atomic E-state index is 0.110. The molecule has 10 aromatic rings. The summed E-state index contributed by atoms with van der Waals surface area (Å²) < 4.78 is 148. The molecule has 6 heterocycles. The Morgan fingerprint density at radius 1 is 0.500 bits per heavy atom. The molecule has 0 saturated heterocycles. The maximum absolute atomic E-state index is 12.6. The van der Waals surface area contributed by atoms with Crippen molar-refractivity contribution < 1.29 is 62.9 Å². The van der Waals surface area contributed by atoms with Gasteiger partial charge in [-0.05, 0) is 148 Å². The zero-order valence-electron chi connectivity index (χ0n) is 46.2. The van der Waals surface area contributed by atoms with Crippen molar-refractivity contribution in [1.82, 2.24) is 60.8 Å². The van der Waals surface area contributed by atoms with Crippen LogP contribution in [0.15, 0.2) is 171 Å². The van der Waals surface area contributed by atoms with E-state index in [1.165, 1.54) is 65.7 Å². The van der Waals surface area contributed by atoms with E-state index in [1.54, 1.807) is 61.4 Å². The molecule has 468 valence electrons. The lowest BCUT2D eigenvalue weighted by Crippen LogP contribution is -2.06. The van der Waals surface area contributed by atoms with Gasteiger partial charge in [-0.1, -0.05) is 63.9 Å². The third-order valence-electron chi connectivity index (χ3n) is 11.7. The van der Waals surface area contributed by atoms with Gasteiger partial charge >= 0.3 is 24.7 Å². The van der Waals surface area contributed by atoms with E-state index in [-0.39, 0.29) is 19.8 Å².